The molecule has 1 aromatic rings. The number of hydrogen-bond donors (Lipinski definition) is 1. The smallest absolute Gasteiger partial charge is 0.237 e. The maximum Gasteiger partial charge on any atom is 0.237 e. The summed E-state index contributed by atoms with van der Waals surface area (Å²) in [6.07, 6.45) is 2.72. The Balaban J connectivity index is 1.92. The van der Waals surface area contributed by atoms with Gasteiger partial charge in [0.2, 0.25) is 5.91 Å². The molecule has 1 amide bonds. The summed E-state index contributed by atoms with van der Waals surface area (Å²) in [6, 6.07) is 7.12. The molecule has 1 aromatic carbocycles. The van der Waals surface area contributed by atoms with E-state index in [9.17, 15) is 18.3 Å². The number of phenols is 1. The lowest BCUT2D eigenvalue weighted by atomic mass is 9.89. The highest BCUT2D eigenvalue weighted by molar-refractivity contribution is 7.91. The van der Waals surface area contributed by atoms with Crippen molar-refractivity contribution in [3.8, 4) is 5.75 Å². The minimum absolute atomic E-state index is 0.245. The SMILES string of the molecule is CS(=O)(=O)CC(=O)N1CCC(c2ccc(O)cc2)CC1. The molecule has 0 aromatic heterocycles. The highest BCUT2D eigenvalue weighted by Crippen LogP contribution is 2.29. The summed E-state index contributed by atoms with van der Waals surface area (Å²) in [6.45, 7) is 1.17. The molecule has 0 radical (unpaired) electrons. The number of piperidine rings is 1. The molecule has 1 heterocycles. The zero-order valence-electron chi connectivity index (χ0n) is 11.4. The Bertz CT molecular complexity index is 572. The summed E-state index contributed by atoms with van der Waals surface area (Å²) >= 11 is 0. The number of carbonyl (C=O) groups excluding carboxylic acids is 1. The molecule has 0 saturated carbocycles. The monoisotopic (exact) mass is 297 g/mol. The van der Waals surface area contributed by atoms with E-state index in [0.29, 0.717) is 19.0 Å². The van der Waals surface area contributed by atoms with E-state index in [1.165, 1.54) is 0 Å². The fraction of sp³-hybridized carbons (Fsp3) is 0.500. The number of nitrogens with zero attached hydrogens (tertiary/aromatic N) is 1. The fourth-order valence-electron chi connectivity index (χ4n) is 2.52. The van der Waals surface area contributed by atoms with Crippen LogP contribution in [-0.2, 0) is 14.6 Å². The van der Waals surface area contributed by atoms with Gasteiger partial charge in [-0.15, -0.1) is 0 Å². The third-order valence-corrected chi connectivity index (χ3v) is 4.37. The van der Waals surface area contributed by atoms with E-state index in [1.807, 2.05) is 12.1 Å². The Hall–Kier alpha value is -1.56. The lowest BCUT2D eigenvalue weighted by Crippen LogP contribution is -2.40. The molecule has 1 N–H and O–H groups in total. The molecular formula is C14H19NO4S. The number of likely N-dealkylation sites (tertiary alicyclic amines) is 1. The van der Waals surface area contributed by atoms with Crippen LogP contribution in [0, 0.1) is 0 Å². The third kappa shape index (κ3) is 3.96. The van der Waals surface area contributed by atoms with E-state index in [2.05, 4.69) is 0 Å². The standard InChI is InChI=1S/C14H19NO4S/c1-20(18,19)10-14(17)15-8-6-12(7-9-15)11-2-4-13(16)5-3-11/h2-5,12,16H,6-10H2,1H3. The van der Waals surface area contributed by atoms with Gasteiger partial charge in [0.15, 0.2) is 9.84 Å². The largest absolute Gasteiger partial charge is 0.508 e. The number of carbonyl (C=O) groups is 1. The average molecular weight is 297 g/mol. The van der Waals surface area contributed by atoms with Crippen LogP contribution < -0.4 is 0 Å². The first kappa shape index (κ1) is 14.8. The minimum Gasteiger partial charge on any atom is -0.508 e. The first-order valence-corrected chi connectivity index (χ1v) is 8.65. The molecule has 6 heteroatoms. The van der Waals surface area contributed by atoms with Crippen molar-refractivity contribution in [3.05, 3.63) is 29.8 Å². The molecule has 110 valence electrons. The lowest BCUT2D eigenvalue weighted by molar-refractivity contribution is -0.129. The Labute approximate surface area is 119 Å². The normalized spacial score (nSPS) is 17.1. The van der Waals surface area contributed by atoms with Crippen LogP contribution in [-0.4, -0.2) is 49.4 Å². The van der Waals surface area contributed by atoms with Crippen LogP contribution in [0.2, 0.25) is 0 Å². The summed E-state index contributed by atoms with van der Waals surface area (Å²) in [5.41, 5.74) is 1.15. The van der Waals surface area contributed by atoms with Crippen molar-refractivity contribution in [2.45, 2.75) is 18.8 Å². The van der Waals surface area contributed by atoms with Crippen molar-refractivity contribution in [1.29, 1.82) is 0 Å². The van der Waals surface area contributed by atoms with Gasteiger partial charge in [0.25, 0.3) is 0 Å². The minimum atomic E-state index is -3.26. The predicted molar refractivity (Wildman–Crippen MR) is 76.4 cm³/mol. The van der Waals surface area contributed by atoms with Gasteiger partial charge in [-0.1, -0.05) is 12.1 Å². The van der Waals surface area contributed by atoms with Gasteiger partial charge < -0.3 is 10.0 Å². The highest BCUT2D eigenvalue weighted by atomic mass is 32.2. The first-order chi connectivity index (χ1) is 9.35. The maximum atomic E-state index is 11.8. The molecule has 0 spiro atoms. The van der Waals surface area contributed by atoms with Crippen LogP contribution >= 0.6 is 0 Å². The first-order valence-electron chi connectivity index (χ1n) is 6.59. The molecule has 1 aliphatic heterocycles. The van der Waals surface area contributed by atoms with E-state index >= 15 is 0 Å². The third-order valence-electron chi connectivity index (χ3n) is 3.60. The molecule has 20 heavy (non-hydrogen) atoms. The molecule has 1 fully saturated rings. The van der Waals surface area contributed by atoms with Crippen LogP contribution in [0.1, 0.15) is 24.3 Å². The van der Waals surface area contributed by atoms with Gasteiger partial charge in [0.05, 0.1) is 0 Å². The van der Waals surface area contributed by atoms with Crippen molar-refractivity contribution >= 4 is 15.7 Å². The molecule has 0 atom stereocenters. The van der Waals surface area contributed by atoms with E-state index in [4.69, 9.17) is 0 Å². The molecule has 1 saturated heterocycles. The zero-order chi connectivity index (χ0) is 14.8. The summed E-state index contributed by atoms with van der Waals surface area (Å²) in [5.74, 6) is -0.110. The van der Waals surface area contributed by atoms with Gasteiger partial charge in [-0.25, -0.2) is 8.42 Å². The molecule has 2 rings (SSSR count). The van der Waals surface area contributed by atoms with E-state index in [-0.39, 0.29) is 11.7 Å². The second kappa shape index (κ2) is 5.83. The Kier molecular flexibility index (Phi) is 4.32. The van der Waals surface area contributed by atoms with Gasteiger partial charge in [0.1, 0.15) is 11.5 Å². The quantitative estimate of drug-likeness (QED) is 0.908. The van der Waals surface area contributed by atoms with Gasteiger partial charge in [-0.2, -0.15) is 0 Å². The summed E-state index contributed by atoms with van der Waals surface area (Å²) < 4.78 is 22.3. The Morgan fingerprint density at radius 1 is 1.25 bits per heavy atom. The second-order valence-electron chi connectivity index (χ2n) is 5.32. The fourth-order valence-corrected chi connectivity index (χ4v) is 3.16. The molecule has 0 aliphatic carbocycles. The Morgan fingerprint density at radius 2 is 1.80 bits per heavy atom. The number of hydrogen-bond acceptors (Lipinski definition) is 4. The number of sulfone groups is 1. The summed E-state index contributed by atoms with van der Waals surface area (Å²) in [7, 11) is -3.26. The molecule has 5 nitrogen and oxygen atoms in total. The average Bonchev–Trinajstić information content (AvgIpc) is 2.38. The van der Waals surface area contributed by atoms with Crippen LogP contribution in [0.15, 0.2) is 24.3 Å². The van der Waals surface area contributed by atoms with Gasteiger partial charge >= 0.3 is 0 Å². The van der Waals surface area contributed by atoms with E-state index < -0.39 is 15.6 Å². The van der Waals surface area contributed by atoms with Crippen LogP contribution in [0.3, 0.4) is 0 Å². The highest BCUT2D eigenvalue weighted by Gasteiger charge is 2.25. The van der Waals surface area contributed by atoms with Crippen molar-refractivity contribution < 1.29 is 18.3 Å². The Morgan fingerprint density at radius 3 is 2.30 bits per heavy atom. The van der Waals surface area contributed by atoms with E-state index in [1.54, 1.807) is 17.0 Å². The number of benzene rings is 1. The summed E-state index contributed by atoms with van der Waals surface area (Å²) in [4.78, 5) is 13.4. The second-order valence-corrected chi connectivity index (χ2v) is 7.46. The van der Waals surface area contributed by atoms with Crippen molar-refractivity contribution in [2.75, 3.05) is 25.1 Å². The molecule has 0 unspecified atom stereocenters. The van der Waals surface area contributed by atoms with Gasteiger partial charge in [0, 0.05) is 19.3 Å². The lowest BCUT2D eigenvalue weighted by Gasteiger charge is -2.32. The van der Waals surface area contributed by atoms with Gasteiger partial charge in [-0.3, -0.25) is 4.79 Å². The van der Waals surface area contributed by atoms with Crippen LogP contribution in [0.4, 0.5) is 0 Å². The zero-order valence-corrected chi connectivity index (χ0v) is 12.3. The van der Waals surface area contributed by atoms with Crippen molar-refractivity contribution in [2.24, 2.45) is 0 Å². The number of amides is 1. The number of phenolic OH excluding ortho intramolecular Hbond substituents is 1. The van der Waals surface area contributed by atoms with Crippen LogP contribution in [0.25, 0.3) is 0 Å². The topological polar surface area (TPSA) is 74.7 Å². The molecule has 0 bridgehead atoms. The van der Waals surface area contributed by atoms with Crippen LogP contribution in [0.5, 0.6) is 5.75 Å². The number of rotatable bonds is 3. The molecular weight excluding hydrogens is 278 g/mol. The number of aromatic hydroxyl groups is 1. The van der Waals surface area contributed by atoms with Crippen molar-refractivity contribution in [1.82, 2.24) is 4.90 Å². The van der Waals surface area contributed by atoms with Gasteiger partial charge in [-0.05, 0) is 36.5 Å². The van der Waals surface area contributed by atoms with Crippen molar-refractivity contribution in [3.63, 3.8) is 0 Å². The molecule has 1 aliphatic rings. The summed E-state index contributed by atoms with van der Waals surface area (Å²) in [5, 5.41) is 9.27. The maximum absolute atomic E-state index is 11.8. The predicted octanol–water partition coefficient (Wildman–Crippen LogP) is 1.14. The van der Waals surface area contributed by atoms with E-state index in [0.717, 1.165) is 24.7 Å².